The maximum atomic E-state index is 13.6. The predicted molar refractivity (Wildman–Crippen MR) is 134 cm³/mol. The second-order valence-corrected chi connectivity index (χ2v) is 13.5. The van der Waals surface area contributed by atoms with Crippen molar-refractivity contribution in [3.8, 4) is 0 Å². The van der Waals surface area contributed by atoms with Gasteiger partial charge in [0.2, 0.25) is 0 Å². The first-order valence-electron chi connectivity index (χ1n) is 14.0. The van der Waals surface area contributed by atoms with Crippen LogP contribution in [-0.2, 0) is 19.1 Å². The van der Waals surface area contributed by atoms with Gasteiger partial charge in [0.25, 0.3) is 0 Å². The summed E-state index contributed by atoms with van der Waals surface area (Å²) in [6.45, 7) is 8.46. The molecule has 0 amide bonds. The molecule has 0 radical (unpaired) electrons. The SMILES string of the molecule is CC1C(=O)O[C@H](C)[C@H]1CC(=O)[C@](C)(O)C1CC[C@@]2(O)C3=CC(=O)[C@@H]4C[C@@H](O)[C@@H](O)C[C@]4(C)C3C[C@@H](O)[C@]12C. The molecule has 5 aliphatic rings. The van der Waals surface area contributed by atoms with E-state index in [9.17, 15) is 39.9 Å². The van der Waals surface area contributed by atoms with E-state index in [0.717, 1.165) is 0 Å². The molecule has 1 aliphatic heterocycles. The number of cyclic esters (lactones) is 1. The Bertz CT molecular complexity index is 1080. The molecule has 4 fully saturated rings. The second-order valence-electron chi connectivity index (χ2n) is 13.5. The van der Waals surface area contributed by atoms with Gasteiger partial charge in [0.1, 0.15) is 11.7 Å². The molecule has 9 heteroatoms. The Kier molecular flexibility index (Phi) is 6.37. The van der Waals surface area contributed by atoms with Crippen LogP contribution in [0.5, 0.6) is 0 Å². The molecule has 5 N–H and O–H groups in total. The van der Waals surface area contributed by atoms with Gasteiger partial charge in [-0.3, -0.25) is 14.4 Å². The Morgan fingerprint density at radius 2 is 1.76 bits per heavy atom. The number of rotatable bonds is 4. The first-order chi connectivity index (χ1) is 17.5. The van der Waals surface area contributed by atoms with Gasteiger partial charge in [-0.2, -0.15) is 0 Å². The van der Waals surface area contributed by atoms with Crippen LogP contribution in [0.2, 0.25) is 0 Å². The Hall–Kier alpha value is -1.65. The van der Waals surface area contributed by atoms with Gasteiger partial charge in [-0.15, -0.1) is 0 Å². The molecule has 9 nitrogen and oxygen atoms in total. The monoisotopic (exact) mass is 534 g/mol. The van der Waals surface area contributed by atoms with E-state index in [4.69, 9.17) is 4.74 Å². The fraction of sp³-hybridized carbons (Fsp3) is 0.828. The van der Waals surface area contributed by atoms with Crippen molar-refractivity contribution >= 4 is 17.5 Å². The number of allylic oxidation sites excluding steroid dienone is 1. The first kappa shape index (κ1) is 27.9. The van der Waals surface area contributed by atoms with Crippen LogP contribution in [0.4, 0.5) is 0 Å². The molecule has 4 aliphatic carbocycles. The highest BCUT2D eigenvalue weighted by atomic mass is 16.6. The molecule has 5 rings (SSSR count). The number of aliphatic hydroxyl groups is 5. The number of carbonyl (C=O) groups is 3. The molecule has 3 unspecified atom stereocenters. The maximum absolute atomic E-state index is 13.6. The van der Waals surface area contributed by atoms with Crippen molar-refractivity contribution in [2.45, 2.75) is 109 Å². The Morgan fingerprint density at radius 1 is 1.11 bits per heavy atom. The van der Waals surface area contributed by atoms with Crippen LogP contribution in [0.3, 0.4) is 0 Å². The zero-order chi connectivity index (χ0) is 28.2. The molecule has 212 valence electrons. The third-order valence-corrected chi connectivity index (χ3v) is 11.8. The van der Waals surface area contributed by atoms with Crippen molar-refractivity contribution < 1.29 is 44.7 Å². The van der Waals surface area contributed by atoms with E-state index >= 15 is 0 Å². The lowest BCUT2D eigenvalue weighted by molar-refractivity contribution is -0.198. The molecule has 0 aromatic carbocycles. The van der Waals surface area contributed by atoms with E-state index in [1.165, 1.54) is 13.0 Å². The fourth-order valence-electron chi connectivity index (χ4n) is 9.16. The summed E-state index contributed by atoms with van der Waals surface area (Å²) in [5.41, 5.74) is -5.10. The second kappa shape index (κ2) is 8.67. The van der Waals surface area contributed by atoms with Crippen LogP contribution in [0.25, 0.3) is 0 Å². The number of fused-ring (bicyclic) bond motifs is 5. The molecule has 3 saturated carbocycles. The molecule has 1 heterocycles. The van der Waals surface area contributed by atoms with E-state index in [1.54, 1.807) is 20.8 Å². The largest absolute Gasteiger partial charge is 0.462 e. The average Bonchev–Trinajstić information content (AvgIpc) is 3.25. The van der Waals surface area contributed by atoms with E-state index in [-0.39, 0.29) is 56.2 Å². The lowest BCUT2D eigenvalue weighted by Crippen LogP contribution is -2.67. The highest BCUT2D eigenvalue weighted by Crippen LogP contribution is 2.68. The lowest BCUT2D eigenvalue weighted by atomic mass is 9.45. The van der Waals surface area contributed by atoms with E-state index in [0.29, 0.717) is 5.57 Å². The number of ketones is 2. The zero-order valence-electron chi connectivity index (χ0n) is 22.9. The number of Topliss-reactive ketones (excluding diaryl/α,β-unsaturated/α-hetero) is 1. The number of aliphatic hydroxyl groups excluding tert-OH is 3. The predicted octanol–water partition coefficient (Wildman–Crippen LogP) is 1.07. The summed E-state index contributed by atoms with van der Waals surface area (Å²) in [4.78, 5) is 38.9. The molecule has 1 saturated heterocycles. The molecular weight excluding hydrogens is 492 g/mol. The summed E-state index contributed by atoms with van der Waals surface area (Å²) in [6.07, 6.45) is -1.23. The smallest absolute Gasteiger partial charge is 0.309 e. The topological polar surface area (TPSA) is 162 Å². The summed E-state index contributed by atoms with van der Waals surface area (Å²) < 4.78 is 5.27. The fourth-order valence-corrected chi connectivity index (χ4v) is 9.16. The number of esters is 1. The Labute approximate surface area is 223 Å². The third kappa shape index (κ3) is 3.51. The van der Waals surface area contributed by atoms with Crippen molar-refractivity contribution in [2.75, 3.05) is 0 Å². The van der Waals surface area contributed by atoms with Gasteiger partial charge in [0.05, 0.1) is 29.8 Å². The molecule has 0 aromatic rings. The summed E-state index contributed by atoms with van der Waals surface area (Å²) in [5.74, 6) is -3.62. The minimum absolute atomic E-state index is 0.0635. The number of carbonyl (C=O) groups excluding carboxylic acids is 3. The molecule has 13 atom stereocenters. The Morgan fingerprint density at radius 3 is 2.37 bits per heavy atom. The number of hydrogen-bond acceptors (Lipinski definition) is 9. The van der Waals surface area contributed by atoms with Gasteiger partial charge in [-0.25, -0.2) is 0 Å². The van der Waals surface area contributed by atoms with Gasteiger partial charge in [-0.05, 0) is 68.9 Å². The summed E-state index contributed by atoms with van der Waals surface area (Å²) in [7, 11) is 0. The van der Waals surface area contributed by atoms with Gasteiger partial charge in [-0.1, -0.05) is 20.8 Å². The first-order valence-corrected chi connectivity index (χ1v) is 14.0. The van der Waals surface area contributed by atoms with Crippen LogP contribution in [-0.4, -0.2) is 78.7 Å². The summed E-state index contributed by atoms with van der Waals surface area (Å²) in [5, 5.41) is 56.5. The van der Waals surface area contributed by atoms with Crippen LogP contribution < -0.4 is 0 Å². The highest BCUT2D eigenvalue weighted by Gasteiger charge is 2.72. The van der Waals surface area contributed by atoms with Crippen molar-refractivity contribution in [1.29, 1.82) is 0 Å². The highest BCUT2D eigenvalue weighted by molar-refractivity contribution is 5.95. The maximum Gasteiger partial charge on any atom is 0.309 e. The standard InChI is InChI=1S/C29H42O9/c1-13-15(14(2)38-25(13)35)8-24(34)28(5,36)22-6-7-29(37)17-9-19(30)18-10-20(31)21(32)12-26(18,3)16(17)11-23(33)27(22,29)4/h9,13-16,18,20-23,31-33,36-37H,6-8,10-12H2,1-5H3/t13?,14-,15+,16?,18+,20-,21+,22?,23-,26-,27+,28-,29-/m1/s1. The number of ether oxygens (including phenoxy) is 1. The molecule has 0 spiro atoms. The average molecular weight is 535 g/mol. The Balaban J connectivity index is 1.49. The molecule has 0 aromatic heterocycles. The van der Waals surface area contributed by atoms with Crippen molar-refractivity contribution in [3.63, 3.8) is 0 Å². The minimum Gasteiger partial charge on any atom is -0.462 e. The van der Waals surface area contributed by atoms with Crippen LogP contribution in [0, 0.1) is 40.4 Å². The van der Waals surface area contributed by atoms with Gasteiger partial charge < -0.3 is 30.3 Å². The van der Waals surface area contributed by atoms with Crippen LogP contribution >= 0.6 is 0 Å². The van der Waals surface area contributed by atoms with E-state index in [1.807, 2.05) is 6.92 Å². The number of hydrogen-bond donors (Lipinski definition) is 5. The molecule has 0 bridgehead atoms. The van der Waals surface area contributed by atoms with Crippen LogP contribution in [0.15, 0.2) is 11.6 Å². The van der Waals surface area contributed by atoms with Gasteiger partial charge in [0, 0.05) is 29.6 Å². The quantitative estimate of drug-likeness (QED) is 0.332. The van der Waals surface area contributed by atoms with E-state index in [2.05, 4.69) is 0 Å². The lowest BCUT2D eigenvalue weighted by Gasteiger charge is -2.62. The van der Waals surface area contributed by atoms with E-state index < -0.39 is 75.9 Å². The molecular formula is C29H42O9. The summed E-state index contributed by atoms with van der Waals surface area (Å²) in [6, 6.07) is 0. The normalized spacial score (nSPS) is 51.8. The van der Waals surface area contributed by atoms with Crippen LogP contribution in [0.1, 0.15) is 73.1 Å². The van der Waals surface area contributed by atoms with Gasteiger partial charge in [0.15, 0.2) is 11.6 Å². The third-order valence-electron chi connectivity index (χ3n) is 11.8. The van der Waals surface area contributed by atoms with Gasteiger partial charge >= 0.3 is 5.97 Å². The van der Waals surface area contributed by atoms with Crippen molar-refractivity contribution in [1.82, 2.24) is 0 Å². The van der Waals surface area contributed by atoms with Crippen molar-refractivity contribution in [2.24, 2.45) is 40.4 Å². The minimum atomic E-state index is -1.89. The summed E-state index contributed by atoms with van der Waals surface area (Å²) >= 11 is 0. The molecule has 38 heavy (non-hydrogen) atoms. The van der Waals surface area contributed by atoms with Crippen molar-refractivity contribution in [3.05, 3.63) is 11.6 Å². The zero-order valence-corrected chi connectivity index (χ0v) is 22.9.